The lowest BCUT2D eigenvalue weighted by molar-refractivity contribution is 0.132. The fourth-order valence-electron chi connectivity index (χ4n) is 3.08. The molecule has 1 aliphatic carbocycles. The van der Waals surface area contributed by atoms with Crippen LogP contribution in [-0.4, -0.2) is 49.6 Å². The van der Waals surface area contributed by atoms with Crippen LogP contribution in [0.5, 0.6) is 0 Å². The molecule has 4 heteroatoms. The third-order valence-corrected chi connectivity index (χ3v) is 4.47. The number of nitrogens with zero attached hydrogens (tertiary/aromatic N) is 2. The Labute approximate surface area is 111 Å². The van der Waals surface area contributed by atoms with Crippen LogP contribution in [0.3, 0.4) is 0 Å². The number of aliphatic imine (C=N–C) groups is 1. The van der Waals surface area contributed by atoms with Crippen LogP contribution in [0, 0.1) is 0 Å². The summed E-state index contributed by atoms with van der Waals surface area (Å²) in [4.78, 5) is 6.91. The van der Waals surface area contributed by atoms with E-state index in [0.29, 0.717) is 11.6 Å². The molecule has 1 fully saturated rings. The first kappa shape index (κ1) is 13.7. The van der Waals surface area contributed by atoms with Crippen LogP contribution in [0.25, 0.3) is 0 Å². The summed E-state index contributed by atoms with van der Waals surface area (Å²) in [6, 6.07) is 0.483. The zero-order valence-corrected chi connectivity index (χ0v) is 12.1. The molecular formula is C14H28N4. The van der Waals surface area contributed by atoms with Gasteiger partial charge in [0.25, 0.3) is 0 Å². The first-order valence-corrected chi connectivity index (χ1v) is 7.35. The molecule has 2 aliphatic rings. The average Bonchev–Trinajstić information content (AvgIpc) is 2.62. The van der Waals surface area contributed by atoms with Crippen molar-refractivity contribution in [3.05, 3.63) is 0 Å². The van der Waals surface area contributed by atoms with Crippen LogP contribution in [0.2, 0.25) is 0 Å². The first-order valence-electron chi connectivity index (χ1n) is 7.35. The second-order valence-electron chi connectivity index (χ2n) is 6.12. The van der Waals surface area contributed by atoms with Crippen molar-refractivity contribution in [2.24, 2.45) is 4.99 Å². The summed E-state index contributed by atoms with van der Waals surface area (Å²) < 4.78 is 0. The predicted molar refractivity (Wildman–Crippen MR) is 77.0 cm³/mol. The Morgan fingerprint density at radius 3 is 2.44 bits per heavy atom. The summed E-state index contributed by atoms with van der Waals surface area (Å²) in [7, 11) is 4.44. The molecule has 2 N–H and O–H groups in total. The molecule has 0 spiro atoms. The average molecular weight is 252 g/mol. The maximum atomic E-state index is 4.49. The standard InChI is InChI=1S/C14H28N4/c1-12-10-15-13(17-12)16-11-14(18(2)3)8-6-4-5-7-9-14/h12H,4-11H2,1-3H3,(H2,15,16,17). The number of guanidine groups is 1. The SMILES string of the molecule is CC1CN=C(NCC2(N(C)C)CCCCCC2)N1. The summed E-state index contributed by atoms with van der Waals surface area (Å²) in [6.45, 7) is 4.08. The Morgan fingerprint density at radius 1 is 1.28 bits per heavy atom. The number of hydrogen-bond acceptors (Lipinski definition) is 4. The van der Waals surface area contributed by atoms with Crippen molar-refractivity contribution in [3.8, 4) is 0 Å². The highest BCUT2D eigenvalue weighted by Crippen LogP contribution is 2.30. The molecular weight excluding hydrogens is 224 g/mol. The van der Waals surface area contributed by atoms with Crippen LogP contribution < -0.4 is 10.6 Å². The molecule has 0 amide bonds. The molecule has 0 aromatic heterocycles. The van der Waals surface area contributed by atoms with E-state index in [0.717, 1.165) is 19.0 Å². The maximum absolute atomic E-state index is 4.49. The maximum Gasteiger partial charge on any atom is 0.191 e. The van der Waals surface area contributed by atoms with E-state index in [-0.39, 0.29) is 0 Å². The van der Waals surface area contributed by atoms with E-state index >= 15 is 0 Å². The molecule has 0 bridgehead atoms. The lowest BCUT2D eigenvalue weighted by Crippen LogP contribution is -2.54. The Hall–Kier alpha value is -0.770. The minimum Gasteiger partial charge on any atom is -0.355 e. The smallest absolute Gasteiger partial charge is 0.191 e. The van der Waals surface area contributed by atoms with Crippen molar-refractivity contribution >= 4 is 5.96 Å². The molecule has 2 rings (SSSR count). The molecule has 4 nitrogen and oxygen atoms in total. The van der Waals surface area contributed by atoms with E-state index in [4.69, 9.17) is 0 Å². The van der Waals surface area contributed by atoms with E-state index in [1.54, 1.807) is 0 Å². The van der Waals surface area contributed by atoms with Crippen LogP contribution in [0.4, 0.5) is 0 Å². The fraction of sp³-hybridized carbons (Fsp3) is 0.929. The summed E-state index contributed by atoms with van der Waals surface area (Å²) in [5, 5.41) is 6.91. The molecule has 0 aromatic carbocycles. The summed E-state index contributed by atoms with van der Waals surface area (Å²) >= 11 is 0. The topological polar surface area (TPSA) is 39.7 Å². The van der Waals surface area contributed by atoms with Gasteiger partial charge in [-0.1, -0.05) is 25.7 Å². The van der Waals surface area contributed by atoms with E-state index in [9.17, 15) is 0 Å². The van der Waals surface area contributed by atoms with Crippen molar-refractivity contribution in [1.82, 2.24) is 15.5 Å². The van der Waals surface area contributed by atoms with Gasteiger partial charge in [-0.3, -0.25) is 4.99 Å². The molecule has 1 unspecified atom stereocenters. The molecule has 1 aliphatic heterocycles. The molecule has 0 saturated heterocycles. The highest BCUT2D eigenvalue weighted by molar-refractivity contribution is 5.81. The number of likely N-dealkylation sites (N-methyl/N-ethyl adjacent to an activating group) is 1. The van der Waals surface area contributed by atoms with E-state index in [2.05, 4.69) is 41.5 Å². The minimum absolute atomic E-state index is 0.312. The van der Waals surface area contributed by atoms with E-state index in [1.165, 1.54) is 38.5 Å². The molecule has 18 heavy (non-hydrogen) atoms. The lowest BCUT2D eigenvalue weighted by atomic mass is 9.89. The van der Waals surface area contributed by atoms with Gasteiger partial charge in [-0.2, -0.15) is 0 Å². The summed E-state index contributed by atoms with van der Waals surface area (Å²) in [5.74, 6) is 0.993. The van der Waals surface area contributed by atoms with Gasteiger partial charge in [-0.15, -0.1) is 0 Å². The highest BCUT2D eigenvalue weighted by atomic mass is 15.3. The fourth-order valence-corrected chi connectivity index (χ4v) is 3.08. The first-order chi connectivity index (χ1) is 8.62. The van der Waals surface area contributed by atoms with Crippen LogP contribution >= 0.6 is 0 Å². The highest BCUT2D eigenvalue weighted by Gasteiger charge is 2.33. The van der Waals surface area contributed by atoms with E-state index in [1.807, 2.05) is 0 Å². The molecule has 0 radical (unpaired) electrons. The Kier molecular flexibility index (Phi) is 4.49. The Bertz CT molecular complexity index is 290. The third-order valence-electron chi connectivity index (χ3n) is 4.47. The monoisotopic (exact) mass is 252 g/mol. The predicted octanol–water partition coefficient (Wildman–Crippen LogP) is 1.58. The largest absolute Gasteiger partial charge is 0.355 e. The number of rotatable bonds is 3. The van der Waals surface area contributed by atoms with Crippen LogP contribution in [0.1, 0.15) is 45.4 Å². The molecule has 1 heterocycles. The molecule has 1 saturated carbocycles. The van der Waals surface area contributed by atoms with Crippen molar-refractivity contribution in [2.75, 3.05) is 27.2 Å². The van der Waals surface area contributed by atoms with Crippen molar-refractivity contribution in [1.29, 1.82) is 0 Å². The Balaban J connectivity index is 1.93. The normalized spacial score (nSPS) is 27.6. The van der Waals surface area contributed by atoms with Gasteiger partial charge in [-0.25, -0.2) is 0 Å². The summed E-state index contributed by atoms with van der Waals surface area (Å²) in [5.41, 5.74) is 0.312. The zero-order valence-electron chi connectivity index (χ0n) is 12.1. The second-order valence-corrected chi connectivity index (χ2v) is 6.12. The lowest BCUT2D eigenvalue weighted by Gasteiger charge is -2.40. The third kappa shape index (κ3) is 3.16. The van der Waals surface area contributed by atoms with Gasteiger partial charge in [0.1, 0.15) is 0 Å². The van der Waals surface area contributed by atoms with Crippen LogP contribution in [-0.2, 0) is 0 Å². The van der Waals surface area contributed by atoms with Crippen molar-refractivity contribution < 1.29 is 0 Å². The molecule has 0 aromatic rings. The summed E-state index contributed by atoms with van der Waals surface area (Å²) in [6.07, 6.45) is 8.11. The second kappa shape index (κ2) is 5.91. The van der Waals surface area contributed by atoms with Crippen LogP contribution in [0.15, 0.2) is 4.99 Å². The van der Waals surface area contributed by atoms with Gasteiger partial charge in [0.05, 0.1) is 6.54 Å². The van der Waals surface area contributed by atoms with Gasteiger partial charge in [0, 0.05) is 18.1 Å². The Morgan fingerprint density at radius 2 is 1.94 bits per heavy atom. The zero-order chi connectivity index (χ0) is 13.0. The van der Waals surface area contributed by atoms with Gasteiger partial charge < -0.3 is 15.5 Å². The minimum atomic E-state index is 0.312. The number of nitrogens with one attached hydrogen (secondary N) is 2. The van der Waals surface area contributed by atoms with Gasteiger partial charge in [0.15, 0.2) is 5.96 Å². The molecule has 1 atom stereocenters. The van der Waals surface area contributed by atoms with Gasteiger partial charge in [-0.05, 0) is 33.9 Å². The van der Waals surface area contributed by atoms with Crippen molar-refractivity contribution in [3.63, 3.8) is 0 Å². The van der Waals surface area contributed by atoms with Gasteiger partial charge in [0.2, 0.25) is 0 Å². The quantitative estimate of drug-likeness (QED) is 0.749. The molecule has 104 valence electrons. The van der Waals surface area contributed by atoms with Crippen molar-refractivity contribution in [2.45, 2.75) is 57.0 Å². The van der Waals surface area contributed by atoms with Gasteiger partial charge >= 0.3 is 0 Å². The van der Waals surface area contributed by atoms with E-state index < -0.39 is 0 Å². The number of hydrogen-bond donors (Lipinski definition) is 2.